The van der Waals surface area contributed by atoms with Crippen LogP contribution in [0.1, 0.15) is 25.7 Å². The van der Waals surface area contributed by atoms with Crippen molar-refractivity contribution in [2.24, 2.45) is 4.99 Å². The summed E-state index contributed by atoms with van der Waals surface area (Å²) >= 11 is 0. The van der Waals surface area contributed by atoms with Crippen molar-refractivity contribution in [2.75, 3.05) is 39.5 Å². The third-order valence-corrected chi connectivity index (χ3v) is 6.20. The molecule has 0 aromatic heterocycles. The second-order valence-electron chi connectivity index (χ2n) is 7.28. The highest BCUT2D eigenvalue weighted by atomic mass is 127. The molecule has 1 aliphatic heterocycles. The molecule has 1 aromatic rings. The molecule has 3 rings (SSSR count). The van der Waals surface area contributed by atoms with E-state index in [-0.39, 0.29) is 24.0 Å². The molecule has 0 spiro atoms. The van der Waals surface area contributed by atoms with Gasteiger partial charge < -0.3 is 20.3 Å². The molecule has 0 amide bonds. The van der Waals surface area contributed by atoms with Crippen LogP contribution in [0.5, 0.6) is 5.75 Å². The lowest BCUT2D eigenvalue weighted by atomic mass is 10.1. The number of nitrogens with zero attached hydrogens (tertiary/aromatic N) is 2. The van der Waals surface area contributed by atoms with Crippen LogP contribution in [-0.4, -0.2) is 70.9 Å². The van der Waals surface area contributed by atoms with Crippen LogP contribution >= 0.6 is 24.0 Å². The van der Waals surface area contributed by atoms with E-state index in [4.69, 9.17) is 4.74 Å². The molecule has 158 valence electrons. The summed E-state index contributed by atoms with van der Waals surface area (Å²) in [6.07, 6.45) is 6.25. The van der Waals surface area contributed by atoms with Gasteiger partial charge in [0.05, 0.1) is 11.4 Å². The van der Waals surface area contributed by atoms with Crippen molar-refractivity contribution in [3.05, 3.63) is 24.3 Å². The third kappa shape index (κ3) is 7.07. The van der Waals surface area contributed by atoms with Crippen LogP contribution in [0.15, 0.2) is 34.2 Å². The van der Waals surface area contributed by atoms with Crippen LogP contribution < -0.4 is 15.4 Å². The Bertz CT molecular complexity index is 743. The predicted octanol–water partition coefficient (Wildman–Crippen LogP) is 1.88. The van der Waals surface area contributed by atoms with E-state index in [1.165, 1.54) is 32.2 Å². The number of rotatable bonds is 7. The topological polar surface area (TPSA) is 83.0 Å². The average Bonchev–Trinajstić information content (AvgIpc) is 3.49. The Labute approximate surface area is 185 Å². The highest BCUT2D eigenvalue weighted by molar-refractivity contribution is 14.0. The van der Waals surface area contributed by atoms with Gasteiger partial charge >= 0.3 is 0 Å². The van der Waals surface area contributed by atoms with Crippen LogP contribution in [0.2, 0.25) is 0 Å². The largest absolute Gasteiger partial charge is 0.492 e. The summed E-state index contributed by atoms with van der Waals surface area (Å²) in [5, 5.41) is 6.77. The Hall–Kier alpha value is -1.07. The molecule has 2 fully saturated rings. The Kier molecular flexibility index (Phi) is 8.81. The Morgan fingerprint density at radius 1 is 1.18 bits per heavy atom. The standard InChI is InChI=1S/C19H30N4O3S.HI/c1-20-19(22-15-9-12-23(13-10-15)16-3-4-16)21-11-14-26-17-5-7-18(8-6-17)27(2,24)25;/h5-8,15-16H,3-4,9-14H2,1-2H3,(H2,20,21,22);1H. The summed E-state index contributed by atoms with van der Waals surface area (Å²) in [4.78, 5) is 7.20. The van der Waals surface area contributed by atoms with Gasteiger partial charge in [-0.3, -0.25) is 4.99 Å². The summed E-state index contributed by atoms with van der Waals surface area (Å²) in [5.74, 6) is 1.45. The van der Waals surface area contributed by atoms with E-state index in [1.807, 2.05) is 0 Å². The molecule has 1 saturated carbocycles. The van der Waals surface area contributed by atoms with Gasteiger partial charge in [-0.1, -0.05) is 0 Å². The van der Waals surface area contributed by atoms with Gasteiger partial charge in [-0.05, 0) is 49.9 Å². The van der Waals surface area contributed by atoms with Crippen molar-refractivity contribution in [3.8, 4) is 5.75 Å². The minimum Gasteiger partial charge on any atom is -0.492 e. The minimum atomic E-state index is -3.17. The van der Waals surface area contributed by atoms with E-state index in [0.29, 0.717) is 29.8 Å². The molecule has 0 unspecified atom stereocenters. The normalized spacial score (nSPS) is 19.0. The third-order valence-electron chi connectivity index (χ3n) is 5.07. The Morgan fingerprint density at radius 2 is 1.82 bits per heavy atom. The minimum absolute atomic E-state index is 0. The van der Waals surface area contributed by atoms with Crippen molar-refractivity contribution in [1.82, 2.24) is 15.5 Å². The van der Waals surface area contributed by atoms with Crippen LogP contribution in [0.4, 0.5) is 0 Å². The van der Waals surface area contributed by atoms with Crippen molar-refractivity contribution in [2.45, 2.75) is 42.7 Å². The first kappa shape index (κ1) is 23.2. The van der Waals surface area contributed by atoms with Gasteiger partial charge in [0.1, 0.15) is 12.4 Å². The number of ether oxygens (including phenoxy) is 1. The van der Waals surface area contributed by atoms with Crippen molar-refractivity contribution >= 4 is 39.8 Å². The number of sulfone groups is 1. The molecule has 2 N–H and O–H groups in total. The highest BCUT2D eigenvalue weighted by Crippen LogP contribution is 2.29. The van der Waals surface area contributed by atoms with E-state index < -0.39 is 9.84 Å². The number of aliphatic imine (C=N–C) groups is 1. The molecule has 1 aromatic carbocycles. The maximum atomic E-state index is 11.5. The molecule has 2 aliphatic rings. The Balaban J connectivity index is 0.00000280. The van der Waals surface area contributed by atoms with Crippen LogP contribution in [-0.2, 0) is 9.84 Å². The smallest absolute Gasteiger partial charge is 0.191 e. The number of nitrogens with one attached hydrogen (secondary N) is 2. The molecular formula is C19H31IN4O3S. The van der Waals surface area contributed by atoms with Gasteiger partial charge in [-0.25, -0.2) is 8.42 Å². The molecule has 0 bridgehead atoms. The highest BCUT2D eigenvalue weighted by Gasteiger charge is 2.31. The lowest BCUT2D eigenvalue weighted by Crippen LogP contribution is -2.49. The first-order valence-corrected chi connectivity index (χ1v) is 11.5. The molecule has 7 nitrogen and oxygen atoms in total. The monoisotopic (exact) mass is 522 g/mol. The van der Waals surface area contributed by atoms with Crippen LogP contribution in [0.25, 0.3) is 0 Å². The van der Waals surface area contributed by atoms with Crippen molar-refractivity contribution < 1.29 is 13.2 Å². The molecular weight excluding hydrogens is 491 g/mol. The van der Waals surface area contributed by atoms with E-state index >= 15 is 0 Å². The zero-order chi connectivity index (χ0) is 19.3. The van der Waals surface area contributed by atoms with Gasteiger partial charge in [-0.15, -0.1) is 24.0 Å². The first-order chi connectivity index (χ1) is 13.0. The number of hydrogen-bond donors (Lipinski definition) is 2. The zero-order valence-electron chi connectivity index (χ0n) is 16.6. The van der Waals surface area contributed by atoms with E-state index in [9.17, 15) is 8.42 Å². The maximum Gasteiger partial charge on any atom is 0.191 e. The number of piperidine rings is 1. The van der Waals surface area contributed by atoms with Gasteiger partial charge in [-0.2, -0.15) is 0 Å². The summed E-state index contributed by atoms with van der Waals surface area (Å²) in [6, 6.07) is 7.80. The number of guanidine groups is 1. The van der Waals surface area contributed by atoms with Gasteiger partial charge in [0.15, 0.2) is 15.8 Å². The molecule has 0 radical (unpaired) electrons. The lowest BCUT2D eigenvalue weighted by molar-refractivity contribution is 0.197. The fourth-order valence-electron chi connectivity index (χ4n) is 3.36. The molecule has 1 saturated heterocycles. The second kappa shape index (κ2) is 10.6. The van der Waals surface area contributed by atoms with E-state index in [0.717, 1.165) is 24.8 Å². The molecule has 0 atom stereocenters. The van der Waals surface area contributed by atoms with Crippen LogP contribution in [0.3, 0.4) is 0 Å². The molecule has 28 heavy (non-hydrogen) atoms. The maximum absolute atomic E-state index is 11.5. The van der Waals surface area contributed by atoms with E-state index in [1.54, 1.807) is 31.3 Å². The SMILES string of the molecule is CN=C(NCCOc1ccc(S(C)(=O)=O)cc1)NC1CCN(C2CC2)CC1.I. The average molecular weight is 522 g/mol. The first-order valence-electron chi connectivity index (χ1n) is 9.60. The number of likely N-dealkylation sites (tertiary alicyclic amines) is 1. The van der Waals surface area contributed by atoms with Crippen molar-refractivity contribution in [3.63, 3.8) is 0 Å². The van der Waals surface area contributed by atoms with Crippen LogP contribution in [0, 0.1) is 0 Å². The second-order valence-corrected chi connectivity index (χ2v) is 9.29. The quantitative estimate of drug-likeness (QED) is 0.246. The van der Waals surface area contributed by atoms with E-state index in [2.05, 4.69) is 20.5 Å². The summed E-state index contributed by atoms with van der Waals surface area (Å²) in [5.41, 5.74) is 0. The summed E-state index contributed by atoms with van der Waals surface area (Å²) in [7, 11) is -1.40. The molecule has 9 heteroatoms. The van der Waals surface area contributed by atoms with Gasteiger partial charge in [0.2, 0.25) is 0 Å². The number of benzene rings is 1. The number of halogens is 1. The zero-order valence-corrected chi connectivity index (χ0v) is 19.7. The van der Waals surface area contributed by atoms with Crippen molar-refractivity contribution in [1.29, 1.82) is 0 Å². The lowest BCUT2D eigenvalue weighted by Gasteiger charge is -2.33. The number of hydrogen-bond acceptors (Lipinski definition) is 5. The predicted molar refractivity (Wildman–Crippen MR) is 123 cm³/mol. The summed E-state index contributed by atoms with van der Waals surface area (Å²) < 4.78 is 28.6. The molecule has 1 aliphatic carbocycles. The Morgan fingerprint density at radius 3 is 2.36 bits per heavy atom. The molecule has 1 heterocycles. The van der Waals surface area contributed by atoms with Gasteiger partial charge in [0.25, 0.3) is 0 Å². The van der Waals surface area contributed by atoms with Gasteiger partial charge in [0, 0.05) is 38.5 Å². The fourth-order valence-corrected chi connectivity index (χ4v) is 3.99. The fraction of sp³-hybridized carbons (Fsp3) is 0.632. The summed E-state index contributed by atoms with van der Waals surface area (Å²) in [6.45, 7) is 3.44.